The Hall–Kier alpha value is 0.340. The maximum Gasteiger partial charge on any atom is 0.0647 e. The summed E-state index contributed by atoms with van der Waals surface area (Å²) < 4.78 is 11.1. The van der Waals surface area contributed by atoms with Gasteiger partial charge >= 0.3 is 0 Å². The number of aliphatic hydroxyl groups excluding tert-OH is 1. The van der Waals surface area contributed by atoms with E-state index in [1.54, 1.807) is 0 Å². The lowest BCUT2D eigenvalue weighted by atomic mass is 9.81. The maximum absolute atomic E-state index is 10.5. The standard InChI is InChI=1S/C20H36ClO3P/c1-2-23-13-7-6-10-16-17(19(22)14-18(16)21)11-12-20(24-25)15-8-4-3-5-9-15/h6-7,15-20,22H,2-5,8-14,25H2,1H3/b7-6+. The molecule has 25 heavy (non-hydrogen) atoms. The number of alkyl halides is 1. The van der Waals surface area contributed by atoms with Crippen LogP contribution in [0.3, 0.4) is 0 Å². The Morgan fingerprint density at radius 2 is 1.96 bits per heavy atom. The molecule has 0 heterocycles. The number of rotatable bonds is 10. The Labute approximate surface area is 161 Å². The van der Waals surface area contributed by atoms with Gasteiger partial charge in [0.2, 0.25) is 0 Å². The van der Waals surface area contributed by atoms with Gasteiger partial charge in [-0.15, -0.1) is 11.6 Å². The van der Waals surface area contributed by atoms with E-state index in [0.717, 1.165) is 25.9 Å². The van der Waals surface area contributed by atoms with E-state index >= 15 is 0 Å². The van der Waals surface area contributed by atoms with E-state index in [1.807, 2.05) is 6.92 Å². The van der Waals surface area contributed by atoms with Crippen LogP contribution in [-0.4, -0.2) is 35.9 Å². The maximum atomic E-state index is 10.5. The summed E-state index contributed by atoms with van der Waals surface area (Å²) >= 11 is 6.55. The third-order valence-electron chi connectivity index (χ3n) is 6.10. The minimum atomic E-state index is -0.274. The Morgan fingerprint density at radius 1 is 1.20 bits per heavy atom. The van der Waals surface area contributed by atoms with Crippen molar-refractivity contribution < 1.29 is 14.4 Å². The van der Waals surface area contributed by atoms with Gasteiger partial charge in [-0.2, -0.15) is 0 Å². The van der Waals surface area contributed by atoms with Crippen LogP contribution in [0.5, 0.6) is 0 Å². The molecule has 0 saturated heterocycles. The Kier molecular flexibility index (Phi) is 10.3. The largest absolute Gasteiger partial charge is 0.393 e. The zero-order valence-electron chi connectivity index (χ0n) is 15.6. The molecule has 3 nitrogen and oxygen atoms in total. The third-order valence-corrected chi connectivity index (χ3v) is 6.95. The summed E-state index contributed by atoms with van der Waals surface area (Å²) in [5, 5.41) is 10.6. The highest BCUT2D eigenvalue weighted by Gasteiger charge is 2.41. The second-order valence-corrected chi connectivity index (χ2v) is 8.50. The summed E-state index contributed by atoms with van der Waals surface area (Å²) in [6, 6.07) is 0. The molecular weight excluding hydrogens is 355 g/mol. The van der Waals surface area contributed by atoms with Crippen molar-refractivity contribution in [2.45, 2.75) is 82.3 Å². The van der Waals surface area contributed by atoms with Crippen LogP contribution in [0.2, 0.25) is 0 Å². The molecule has 1 N–H and O–H groups in total. The van der Waals surface area contributed by atoms with Gasteiger partial charge in [-0.05, 0) is 63.2 Å². The van der Waals surface area contributed by atoms with Crippen LogP contribution in [0.1, 0.15) is 64.7 Å². The SMILES string of the molecule is CCOC/C=C/CC1C(Cl)CC(O)C1CCC(OP)C1CCCCC1. The fourth-order valence-electron chi connectivity index (χ4n) is 4.65. The molecule has 0 amide bonds. The van der Waals surface area contributed by atoms with Crippen LogP contribution in [0.25, 0.3) is 0 Å². The van der Waals surface area contributed by atoms with E-state index in [4.69, 9.17) is 20.9 Å². The predicted octanol–water partition coefficient (Wildman–Crippen LogP) is 5.11. The molecule has 6 atom stereocenters. The van der Waals surface area contributed by atoms with Gasteiger partial charge in [0.1, 0.15) is 0 Å². The number of aliphatic hydroxyl groups is 1. The van der Waals surface area contributed by atoms with Crippen molar-refractivity contribution in [1.82, 2.24) is 0 Å². The summed E-state index contributed by atoms with van der Waals surface area (Å²) in [6.45, 7) is 3.40. The van der Waals surface area contributed by atoms with Gasteiger partial charge in [0.05, 0.1) is 18.8 Å². The first-order chi connectivity index (χ1) is 12.2. The van der Waals surface area contributed by atoms with Gasteiger partial charge in [-0.25, -0.2) is 0 Å². The summed E-state index contributed by atoms with van der Waals surface area (Å²) in [6.07, 6.45) is 14.6. The molecule has 146 valence electrons. The van der Waals surface area contributed by atoms with E-state index in [9.17, 15) is 5.11 Å². The van der Waals surface area contributed by atoms with Gasteiger partial charge in [0.25, 0.3) is 0 Å². The van der Waals surface area contributed by atoms with Crippen LogP contribution < -0.4 is 0 Å². The van der Waals surface area contributed by atoms with Gasteiger partial charge < -0.3 is 14.4 Å². The molecule has 0 aromatic carbocycles. The van der Waals surface area contributed by atoms with Crippen LogP contribution >= 0.6 is 21.1 Å². The Morgan fingerprint density at radius 3 is 2.64 bits per heavy atom. The average Bonchev–Trinajstić information content (AvgIpc) is 2.89. The monoisotopic (exact) mass is 390 g/mol. The quantitative estimate of drug-likeness (QED) is 0.244. The smallest absolute Gasteiger partial charge is 0.0647 e. The topological polar surface area (TPSA) is 38.7 Å². The first-order valence-electron chi connectivity index (χ1n) is 10.1. The van der Waals surface area contributed by atoms with E-state index in [-0.39, 0.29) is 17.4 Å². The molecule has 0 aromatic rings. The molecule has 0 spiro atoms. The lowest BCUT2D eigenvalue weighted by Gasteiger charge is -2.31. The number of hydrogen-bond acceptors (Lipinski definition) is 3. The van der Waals surface area contributed by atoms with Crippen LogP contribution in [-0.2, 0) is 9.26 Å². The number of halogens is 1. The molecule has 0 radical (unpaired) electrons. The fraction of sp³-hybridized carbons (Fsp3) is 0.900. The highest BCUT2D eigenvalue weighted by atomic mass is 35.5. The zero-order chi connectivity index (χ0) is 18.1. The van der Waals surface area contributed by atoms with Crippen molar-refractivity contribution in [2.75, 3.05) is 13.2 Å². The number of allylic oxidation sites excluding steroid dienone is 1. The molecule has 2 rings (SSSR count). The average molecular weight is 391 g/mol. The molecule has 0 aromatic heterocycles. The summed E-state index contributed by atoms with van der Waals surface area (Å²) in [4.78, 5) is 0. The lowest BCUT2D eigenvalue weighted by Crippen LogP contribution is -2.27. The molecule has 2 fully saturated rings. The van der Waals surface area contributed by atoms with E-state index in [2.05, 4.69) is 21.6 Å². The summed E-state index contributed by atoms with van der Waals surface area (Å²) in [5.74, 6) is 1.32. The molecule has 2 aliphatic carbocycles. The molecular formula is C20H36ClO3P. The second kappa shape index (κ2) is 11.9. The Balaban J connectivity index is 1.84. The number of hydrogen-bond donors (Lipinski definition) is 1. The van der Waals surface area contributed by atoms with Crippen molar-refractivity contribution in [1.29, 1.82) is 0 Å². The fourth-order valence-corrected chi connectivity index (χ4v) is 5.48. The minimum Gasteiger partial charge on any atom is -0.393 e. The minimum absolute atomic E-state index is 0.0711. The molecule has 0 bridgehead atoms. The summed E-state index contributed by atoms with van der Waals surface area (Å²) in [7, 11) is 2.47. The van der Waals surface area contributed by atoms with Crippen molar-refractivity contribution in [3.63, 3.8) is 0 Å². The van der Waals surface area contributed by atoms with Gasteiger partial charge in [0.15, 0.2) is 0 Å². The number of ether oxygens (including phenoxy) is 1. The van der Waals surface area contributed by atoms with Crippen molar-refractivity contribution in [3.05, 3.63) is 12.2 Å². The van der Waals surface area contributed by atoms with E-state index in [0.29, 0.717) is 31.0 Å². The van der Waals surface area contributed by atoms with Crippen LogP contribution in [0.15, 0.2) is 12.2 Å². The first-order valence-corrected chi connectivity index (χ1v) is 11.0. The van der Waals surface area contributed by atoms with E-state index in [1.165, 1.54) is 32.1 Å². The molecule has 6 unspecified atom stereocenters. The highest BCUT2D eigenvalue weighted by molar-refractivity contribution is 7.09. The van der Waals surface area contributed by atoms with Gasteiger partial charge in [0, 0.05) is 21.5 Å². The van der Waals surface area contributed by atoms with Crippen LogP contribution in [0, 0.1) is 17.8 Å². The predicted molar refractivity (Wildman–Crippen MR) is 108 cm³/mol. The molecule has 0 aliphatic heterocycles. The van der Waals surface area contributed by atoms with Crippen molar-refractivity contribution in [2.24, 2.45) is 17.8 Å². The summed E-state index contributed by atoms with van der Waals surface area (Å²) in [5.41, 5.74) is 0. The highest BCUT2D eigenvalue weighted by Crippen LogP contribution is 2.42. The van der Waals surface area contributed by atoms with Crippen molar-refractivity contribution in [3.8, 4) is 0 Å². The normalized spacial score (nSPS) is 32.5. The zero-order valence-corrected chi connectivity index (χ0v) is 17.5. The van der Waals surface area contributed by atoms with E-state index < -0.39 is 0 Å². The Bertz CT molecular complexity index is 387. The lowest BCUT2D eigenvalue weighted by molar-refractivity contribution is 0.0783. The first kappa shape index (κ1) is 21.6. The van der Waals surface area contributed by atoms with Gasteiger partial charge in [-0.3, -0.25) is 0 Å². The second-order valence-electron chi connectivity index (χ2n) is 7.66. The molecule has 2 aliphatic rings. The molecule has 5 heteroatoms. The van der Waals surface area contributed by atoms with Crippen molar-refractivity contribution >= 4 is 21.1 Å². The van der Waals surface area contributed by atoms with Crippen LogP contribution in [0.4, 0.5) is 0 Å². The van der Waals surface area contributed by atoms with Gasteiger partial charge in [-0.1, -0.05) is 31.4 Å². The third kappa shape index (κ3) is 6.78. The molecule has 2 saturated carbocycles.